The third-order valence-corrected chi connectivity index (χ3v) is 5.21. The zero-order valence-electron chi connectivity index (χ0n) is 22.5. The number of carbonyl (C=O) groups excluding carboxylic acids is 2. The van der Waals surface area contributed by atoms with Gasteiger partial charge in [0.25, 0.3) is 5.91 Å². The van der Waals surface area contributed by atoms with Gasteiger partial charge >= 0.3 is 12.1 Å². The Labute approximate surface area is 224 Å². The summed E-state index contributed by atoms with van der Waals surface area (Å²) in [6.07, 6.45) is -0.312. The molecule has 0 aliphatic carbocycles. The van der Waals surface area contributed by atoms with Crippen LogP contribution in [-0.4, -0.2) is 49.8 Å². The third kappa shape index (κ3) is 8.94. The van der Waals surface area contributed by atoms with Crippen LogP contribution in [0.4, 0.5) is 18.9 Å². The van der Waals surface area contributed by atoms with Gasteiger partial charge in [-0.25, -0.2) is 4.79 Å². The molecule has 1 aromatic carbocycles. The lowest BCUT2D eigenvalue weighted by atomic mass is 9.87. The molecule has 3 rings (SSSR count). The van der Waals surface area contributed by atoms with Gasteiger partial charge in [-0.1, -0.05) is 39.0 Å². The number of alkyl halides is 3. The number of halogens is 3. The van der Waals surface area contributed by atoms with Crippen molar-refractivity contribution in [2.75, 3.05) is 4.90 Å². The van der Waals surface area contributed by atoms with E-state index in [1.165, 1.54) is 11.1 Å². The van der Waals surface area contributed by atoms with Crippen LogP contribution in [-0.2, 0) is 15.0 Å². The first-order valence-electron chi connectivity index (χ1n) is 11.9. The highest BCUT2D eigenvalue weighted by Crippen LogP contribution is 2.32. The van der Waals surface area contributed by atoms with Crippen LogP contribution < -0.4 is 10.2 Å². The number of amides is 2. The number of carboxylic acid groups (broad SMARTS) is 1. The molecule has 3 aromatic rings. The van der Waals surface area contributed by atoms with E-state index in [4.69, 9.17) is 9.90 Å². The molecule has 1 unspecified atom stereocenters. The SMILES string of the molecule is CC(C)(C)NC(=O)C(c1cccnc1)N(C(=O)c1ccn[nH]1)c1ccc(C(C)(C)C)cc1.O=C(O)C(F)(F)F. The Morgan fingerprint density at radius 3 is 1.95 bits per heavy atom. The van der Waals surface area contributed by atoms with E-state index in [2.05, 4.69) is 41.3 Å². The van der Waals surface area contributed by atoms with Gasteiger partial charge in [0.15, 0.2) is 0 Å². The molecule has 3 N–H and O–H groups in total. The van der Waals surface area contributed by atoms with Crippen molar-refractivity contribution < 1.29 is 32.7 Å². The highest BCUT2D eigenvalue weighted by atomic mass is 19.4. The fourth-order valence-corrected chi connectivity index (χ4v) is 3.40. The molecule has 2 aromatic heterocycles. The van der Waals surface area contributed by atoms with Gasteiger partial charge in [0.1, 0.15) is 11.7 Å². The quantitative estimate of drug-likeness (QED) is 0.411. The first-order chi connectivity index (χ1) is 17.9. The van der Waals surface area contributed by atoms with Crippen LogP contribution in [0.25, 0.3) is 0 Å². The molecule has 39 heavy (non-hydrogen) atoms. The molecule has 0 saturated heterocycles. The van der Waals surface area contributed by atoms with Gasteiger partial charge in [-0.05, 0) is 56.0 Å². The number of hydrogen-bond donors (Lipinski definition) is 3. The number of nitrogens with zero attached hydrogens (tertiary/aromatic N) is 3. The largest absolute Gasteiger partial charge is 0.490 e. The van der Waals surface area contributed by atoms with Crippen LogP contribution in [0.1, 0.15) is 69.2 Å². The minimum atomic E-state index is -5.08. The summed E-state index contributed by atoms with van der Waals surface area (Å²) in [5.74, 6) is -3.41. The Kier molecular flexibility index (Phi) is 9.61. The van der Waals surface area contributed by atoms with Gasteiger partial charge in [-0.2, -0.15) is 18.3 Å². The van der Waals surface area contributed by atoms with E-state index in [1.807, 2.05) is 45.0 Å². The third-order valence-electron chi connectivity index (χ3n) is 5.21. The molecule has 2 heterocycles. The van der Waals surface area contributed by atoms with Gasteiger partial charge in [-0.15, -0.1) is 0 Å². The van der Waals surface area contributed by atoms with Gasteiger partial charge in [-0.3, -0.25) is 24.6 Å². The smallest absolute Gasteiger partial charge is 0.475 e. The van der Waals surface area contributed by atoms with E-state index in [1.54, 1.807) is 30.6 Å². The molecule has 0 radical (unpaired) electrons. The van der Waals surface area contributed by atoms with Crippen LogP contribution in [0, 0.1) is 0 Å². The minimum Gasteiger partial charge on any atom is -0.475 e. The average molecular weight is 548 g/mol. The van der Waals surface area contributed by atoms with Crippen molar-refractivity contribution in [2.24, 2.45) is 0 Å². The summed E-state index contributed by atoms with van der Waals surface area (Å²) in [6, 6.07) is 12.0. The number of aromatic amines is 1. The predicted octanol–water partition coefficient (Wildman–Crippen LogP) is 5.04. The standard InChI is InChI=1S/C25H31N5O2.C2HF3O2/c1-24(2,3)18-9-11-19(12-10-18)30(23(32)20-13-15-27-29-20)21(17-8-7-14-26-16-17)22(31)28-25(4,5)6;3-2(4,5)1(6)7/h7-16,21H,1-6H3,(H,27,29)(H,28,31);(H,6,7). The van der Waals surface area contributed by atoms with Gasteiger partial charge in [0, 0.05) is 35.4 Å². The number of H-pyrrole nitrogens is 1. The van der Waals surface area contributed by atoms with Crippen molar-refractivity contribution in [3.63, 3.8) is 0 Å². The van der Waals surface area contributed by atoms with Crippen molar-refractivity contribution in [3.05, 3.63) is 77.9 Å². The Morgan fingerprint density at radius 1 is 0.949 bits per heavy atom. The number of carboxylic acids is 1. The molecule has 0 bridgehead atoms. The molecule has 0 fully saturated rings. The fourth-order valence-electron chi connectivity index (χ4n) is 3.40. The summed E-state index contributed by atoms with van der Waals surface area (Å²) >= 11 is 0. The molecule has 12 heteroatoms. The number of aromatic nitrogens is 3. The van der Waals surface area contributed by atoms with Crippen molar-refractivity contribution >= 4 is 23.5 Å². The van der Waals surface area contributed by atoms with Gasteiger partial charge < -0.3 is 10.4 Å². The maximum Gasteiger partial charge on any atom is 0.490 e. The summed E-state index contributed by atoms with van der Waals surface area (Å²) in [4.78, 5) is 41.7. The molecule has 0 spiro atoms. The number of hydrogen-bond acceptors (Lipinski definition) is 5. The number of nitrogens with one attached hydrogen (secondary N) is 2. The van der Waals surface area contributed by atoms with Crippen LogP contribution in [0.15, 0.2) is 61.1 Å². The number of rotatable bonds is 5. The van der Waals surface area contributed by atoms with Gasteiger partial charge in [0.05, 0.1) is 0 Å². The highest BCUT2D eigenvalue weighted by molar-refractivity contribution is 6.09. The van der Waals surface area contributed by atoms with Crippen molar-refractivity contribution in [1.82, 2.24) is 20.5 Å². The predicted molar refractivity (Wildman–Crippen MR) is 139 cm³/mol. The summed E-state index contributed by atoms with van der Waals surface area (Å²) in [5.41, 5.74) is 2.13. The molecule has 0 aliphatic heterocycles. The van der Waals surface area contributed by atoms with E-state index in [9.17, 15) is 22.8 Å². The lowest BCUT2D eigenvalue weighted by Gasteiger charge is -2.33. The van der Waals surface area contributed by atoms with Crippen molar-refractivity contribution in [3.8, 4) is 0 Å². The van der Waals surface area contributed by atoms with E-state index >= 15 is 0 Å². The number of carbonyl (C=O) groups is 3. The molecule has 0 saturated carbocycles. The van der Waals surface area contributed by atoms with E-state index in [0.717, 1.165) is 5.56 Å². The second-order valence-corrected chi connectivity index (χ2v) is 10.7. The normalized spacial score (nSPS) is 12.5. The maximum absolute atomic E-state index is 13.6. The van der Waals surface area contributed by atoms with Crippen LogP contribution in [0.2, 0.25) is 0 Å². The highest BCUT2D eigenvalue weighted by Gasteiger charge is 2.38. The monoisotopic (exact) mass is 547 g/mol. The Morgan fingerprint density at radius 2 is 1.54 bits per heavy atom. The van der Waals surface area contributed by atoms with E-state index < -0.39 is 23.7 Å². The van der Waals surface area contributed by atoms with Crippen LogP contribution in [0.5, 0.6) is 0 Å². The average Bonchev–Trinajstić information content (AvgIpc) is 3.36. The molecular formula is C27H32F3N5O4. The topological polar surface area (TPSA) is 128 Å². The summed E-state index contributed by atoms with van der Waals surface area (Å²) < 4.78 is 31.7. The van der Waals surface area contributed by atoms with Crippen LogP contribution >= 0.6 is 0 Å². The molecular weight excluding hydrogens is 515 g/mol. The maximum atomic E-state index is 13.6. The molecule has 0 aliphatic rings. The van der Waals surface area contributed by atoms with Crippen LogP contribution in [0.3, 0.4) is 0 Å². The number of pyridine rings is 1. The zero-order valence-corrected chi connectivity index (χ0v) is 22.5. The van der Waals surface area contributed by atoms with Crippen molar-refractivity contribution in [1.29, 1.82) is 0 Å². The summed E-state index contributed by atoms with van der Waals surface area (Å²) in [5, 5.41) is 16.8. The summed E-state index contributed by atoms with van der Waals surface area (Å²) in [7, 11) is 0. The lowest BCUT2D eigenvalue weighted by Crippen LogP contribution is -2.49. The fraction of sp³-hybridized carbons (Fsp3) is 0.370. The van der Waals surface area contributed by atoms with Crippen molar-refractivity contribution in [2.45, 2.75) is 64.7 Å². The lowest BCUT2D eigenvalue weighted by molar-refractivity contribution is -0.192. The second kappa shape index (κ2) is 12.1. The van der Waals surface area contributed by atoms with Gasteiger partial charge in [0.2, 0.25) is 5.91 Å². The first-order valence-corrected chi connectivity index (χ1v) is 11.9. The Bertz CT molecular complexity index is 1250. The minimum absolute atomic E-state index is 0.0386. The first kappa shape index (κ1) is 31.0. The Hall–Kier alpha value is -4.22. The van der Waals surface area contributed by atoms with E-state index in [0.29, 0.717) is 16.9 Å². The molecule has 2 amide bonds. The summed E-state index contributed by atoms with van der Waals surface area (Å²) in [6.45, 7) is 12.1. The molecule has 9 nitrogen and oxygen atoms in total. The zero-order chi connectivity index (χ0) is 29.6. The number of benzene rings is 1. The Balaban J connectivity index is 0.000000673. The van der Waals surface area contributed by atoms with E-state index in [-0.39, 0.29) is 17.2 Å². The molecule has 210 valence electrons. The second-order valence-electron chi connectivity index (χ2n) is 10.7. The number of anilines is 1. The molecule has 1 atom stereocenters. The number of aliphatic carboxylic acids is 1.